The summed E-state index contributed by atoms with van der Waals surface area (Å²) in [6.45, 7) is 3.88. The van der Waals surface area contributed by atoms with E-state index in [0.29, 0.717) is 12.3 Å². The van der Waals surface area contributed by atoms with Crippen molar-refractivity contribution in [2.45, 2.75) is 20.0 Å². The van der Waals surface area contributed by atoms with Crippen molar-refractivity contribution in [3.63, 3.8) is 0 Å². The molecule has 0 aliphatic carbocycles. The molecule has 2 N–H and O–H groups in total. The molecule has 2 rings (SSSR count). The summed E-state index contributed by atoms with van der Waals surface area (Å²) in [5.41, 5.74) is 0.868. The maximum atomic E-state index is 10.7. The van der Waals surface area contributed by atoms with Crippen LogP contribution in [0.15, 0.2) is 28.9 Å². The fraction of sp³-hybridized carbons (Fsp3) is 0.333. The lowest BCUT2D eigenvalue weighted by atomic mass is 10.2. The summed E-state index contributed by atoms with van der Waals surface area (Å²) in [5, 5.41) is 16.1. The number of hydrogen-bond donors (Lipinski definition) is 2. The van der Waals surface area contributed by atoms with Gasteiger partial charge in [-0.2, -0.15) is 5.10 Å². The van der Waals surface area contributed by atoms with Crippen LogP contribution in [0.2, 0.25) is 0 Å². The number of furan rings is 1. The summed E-state index contributed by atoms with van der Waals surface area (Å²) in [6, 6.07) is 3.43. The SMILES string of the molecule is Cc1oc(C(=O)O)cc1CNCCn1cccn1. The van der Waals surface area contributed by atoms with Crippen LogP contribution in [0.5, 0.6) is 0 Å². The smallest absolute Gasteiger partial charge is 0.371 e. The van der Waals surface area contributed by atoms with Gasteiger partial charge in [0.05, 0.1) is 6.54 Å². The van der Waals surface area contributed by atoms with E-state index in [2.05, 4.69) is 10.4 Å². The lowest BCUT2D eigenvalue weighted by molar-refractivity contribution is 0.0661. The number of rotatable bonds is 6. The maximum Gasteiger partial charge on any atom is 0.371 e. The quantitative estimate of drug-likeness (QED) is 0.754. The zero-order valence-electron chi connectivity index (χ0n) is 10.1. The van der Waals surface area contributed by atoms with Gasteiger partial charge in [0.2, 0.25) is 5.76 Å². The average Bonchev–Trinajstić information content (AvgIpc) is 2.94. The summed E-state index contributed by atoms with van der Waals surface area (Å²) in [5.74, 6) is -0.420. The first-order chi connectivity index (χ1) is 8.66. The summed E-state index contributed by atoms with van der Waals surface area (Å²) >= 11 is 0. The number of carboxylic acids is 1. The molecule has 18 heavy (non-hydrogen) atoms. The van der Waals surface area contributed by atoms with Crippen molar-refractivity contribution in [3.05, 3.63) is 41.6 Å². The Balaban J connectivity index is 1.81. The van der Waals surface area contributed by atoms with E-state index in [9.17, 15) is 4.79 Å². The van der Waals surface area contributed by atoms with Crippen molar-refractivity contribution >= 4 is 5.97 Å². The Morgan fingerprint density at radius 3 is 3.06 bits per heavy atom. The Hall–Kier alpha value is -2.08. The monoisotopic (exact) mass is 249 g/mol. The predicted molar refractivity (Wildman–Crippen MR) is 64.3 cm³/mol. The Morgan fingerprint density at radius 1 is 1.61 bits per heavy atom. The molecule has 0 unspecified atom stereocenters. The largest absolute Gasteiger partial charge is 0.475 e. The molecule has 6 heteroatoms. The molecule has 0 radical (unpaired) electrons. The Morgan fingerprint density at radius 2 is 2.44 bits per heavy atom. The minimum Gasteiger partial charge on any atom is -0.475 e. The number of carbonyl (C=O) groups is 1. The molecule has 2 aromatic rings. The Labute approximate surface area is 104 Å². The fourth-order valence-corrected chi connectivity index (χ4v) is 1.65. The fourth-order valence-electron chi connectivity index (χ4n) is 1.65. The normalized spacial score (nSPS) is 10.7. The van der Waals surface area contributed by atoms with Gasteiger partial charge in [-0.25, -0.2) is 4.79 Å². The number of carboxylic acid groups (broad SMARTS) is 1. The Bertz CT molecular complexity index is 517. The van der Waals surface area contributed by atoms with E-state index in [1.165, 1.54) is 0 Å². The first-order valence-corrected chi connectivity index (χ1v) is 5.67. The van der Waals surface area contributed by atoms with Crippen molar-refractivity contribution in [2.75, 3.05) is 6.54 Å². The molecule has 96 valence electrons. The van der Waals surface area contributed by atoms with Crippen molar-refractivity contribution in [1.82, 2.24) is 15.1 Å². The van der Waals surface area contributed by atoms with Crippen LogP contribution >= 0.6 is 0 Å². The number of nitrogens with one attached hydrogen (secondary N) is 1. The zero-order valence-corrected chi connectivity index (χ0v) is 10.1. The first kappa shape index (κ1) is 12.4. The van der Waals surface area contributed by atoms with E-state index in [1.807, 2.05) is 16.9 Å². The molecule has 0 saturated heterocycles. The lowest BCUT2D eigenvalue weighted by Gasteiger charge is -2.03. The van der Waals surface area contributed by atoms with Gasteiger partial charge in [-0.15, -0.1) is 0 Å². The summed E-state index contributed by atoms with van der Waals surface area (Å²) in [7, 11) is 0. The van der Waals surface area contributed by atoms with Crippen LogP contribution in [0.1, 0.15) is 21.9 Å². The van der Waals surface area contributed by atoms with Gasteiger partial charge in [-0.05, 0) is 19.1 Å². The molecule has 0 atom stereocenters. The van der Waals surface area contributed by atoms with Crippen molar-refractivity contribution in [3.8, 4) is 0 Å². The van der Waals surface area contributed by atoms with Crippen LogP contribution in [0.3, 0.4) is 0 Å². The molecule has 6 nitrogen and oxygen atoms in total. The molecule has 0 aliphatic rings. The molecular weight excluding hydrogens is 234 g/mol. The van der Waals surface area contributed by atoms with Crippen molar-refractivity contribution in [2.24, 2.45) is 0 Å². The second-order valence-corrected chi connectivity index (χ2v) is 3.94. The van der Waals surface area contributed by atoms with Gasteiger partial charge in [0.15, 0.2) is 0 Å². The molecule has 2 aromatic heterocycles. The highest BCUT2D eigenvalue weighted by molar-refractivity contribution is 5.84. The van der Waals surface area contributed by atoms with E-state index < -0.39 is 5.97 Å². The van der Waals surface area contributed by atoms with Gasteiger partial charge in [-0.1, -0.05) is 0 Å². The van der Waals surface area contributed by atoms with Crippen LogP contribution in [0.4, 0.5) is 0 Å². The molecule has 0 saturated carbocycles. The zero-order chi connectivity index (χ0) is 13.0. The lowest BCUT2D eigenvalue weighted by Crippen LogP contribution is -2.19. The minimum absolute atomic E-state index is 0.0172. The summed E-state index contributed by atoms with van der Waals surface area (Å²) < 4.78 is 6.95. The molecule has 0 spiro atoms. The van der Waals surface area contributed by atoms with E-state index in [4.69, 9.17) is 9.52 Å². The molecular formula is C12H15N3O3. The van der Waals surface area contributed by atoms with Crippen LogP contribution in [-0.4, -0.2) is 27.4 Å². The van der Waals surface area contributed by atoms with E-state index >= 15 is 0 Å². The second kappa shape index (κ2) is 5.50. The van der Waals surface area contributed by atoms with Gasteiger partial charge < -0.3 is 14.8 Å². The number of hydrogen-bond acceptors (Lipinski definition) is 4. The van der Waals surface area contributed by atoms with Crippen molar-refractivity contribution < 1.29 is 14.3 Å². The van der Waals surface area contributed by atoms with Gasteiger partial charge in [0.25, 0.3) is 0 Å². The van der Waals surface area contributed by atoms with Gasteiger partial charge in [-0.3, -0.25) is 4.68 Å². The highest BCUT2D eigenvalue weighted by Gasteiger charge is 2.12. The minimum atomic E-state index is -1.04. The predicted octanol–water partition coefficient (Wildman–Crippen LogP) is 1.27. The standard InChI is InChI=1S/C12H15N3O3/c1-9-10(7-11(18-9)12(16)17)8-13-4-6-15-5-2-3-14-15/h2-3,5,7,13H,4,6,8H2,1H3,(H,16,17). The third kappa shape index (κ3) is 2.98. The third-order valence-electron chi connectivity index (χ3n) is 2.62. The van der Waals surface area contributed by atoms with Crippen molar-refractivity contribution in [1.29, 1.82) is 0 Å². The molecule has 0 aliphatic heterocycles. The molecule has 0 bridgehead atoms. The maximum absolute atomic E-state index is 10.7. The number of nitrogens with zero attached hydrogens (tertiary/aromatic N) is 2. The first-order valence-electron chi connectivity index (χ1n) is 5.67. The van der Waals surface area contributed by atoms with Crippen LogP contribution in [-0.2, 0) is 13.1 Å². The van der Waals surface area contributed by atoms with Gasteiger partial charge >= 0.3 is 5.97 Å². The highest BCUT2D eigenvalue weighted by Crippen LogP contribution is 2.14. The van der Waals surface area contributed by atoms with E-state index in [1.54, 1.807) is 19.2 Å². The van der Waals surface area contributed by atoms with E-state index in [0.717, 1.165) is 18.7 Å². The number of aryl methyl sites for hydroxylation is 1. The van der Waals surface area contributed by atoms with Crippen LogP contribution < -0.4 is 5.32 Å². The average molecular weight is 249 g/mol. The van der Waals surface area contributed by atoms with E-state index in [-0.39, 0.29) is 5.76 Å². The highest BCUT2D eigenvalue weighted by atomic mass is 16.4. The number of aromatic nitrogens is 2. The summed E-state index contributed by atoms with van der Waals surface area (Å²) in [6.07, 6.45) is 3.63. The third-order valence-corrected chi connectivity index (χ3v) is 2.62. The molecule has 0 amide bonds. The summed E-state index contributed by atoms with van der Waals surface area (Å²) in [4.78, 5) is 10.7. The van der Waals surface area contributed by atoms with Crippen LogP contribution in [0.25, 0.3) is 0 Å². The molecule has 0 fully saturated rings. The Kier molecular flexibility index (Phi) is 3.78. The van der Waals surface area contributed by atoms with Gasteiger partial charge in [0.1, 0.15) is 5.76 Å². The van der Waals surface area contributed by atoms with Gasteiger partial charge in [0, 0.05) is 31.0 Å². The number of aromatic carboxylic acids is 1. The molecule has 0 aromatic carbocycles. The second-order valence-electron chi connectivity index (χ2n) is 3.94. The molecule has 2 heterocycles. The topological polar surface area (TPSA) is 80.3 Å². The van der Waals surface area contributed by atoms with Crippen LogP contribution in [0, 0.1) is 6.92 Å².